The molecule has 0 aromatic heterocycles. The molecule has 3 aliphatic rings. The standard InChI is InChI=1S/C19H16N4O4/c1-3-14-17(2)26-15(11-4-5-12-13(6-11)25-10-24-12)18(7-20,8-21)19(14,9-22)16(23)27-17/h4-6,14-15,23H,3,10H2,1-2H3. The number of nitriles is 3. The van der Waals surface area contributed by atoms with Gasteiger partial charge in [0.25, 0.3) is 0 Å². The van der Waals surface area contributed by atoms with Crippen LogP contribution in [0.4, 0.5) is 0 Å². The van der Waals surface area contributed by atoms with Gasteiger partial charge in [-0.05, 0) is 24.1 Å². The fourth-order valence-corrected chi connectivity index (χ4v) is 4.60. The van der Waals surface area contributed by atoms with Crippen LogP contribution in [-0.4, -0.2) is 18.5 Å². The van der Waals surface area contributed by atoms with Gasteiger partial charge < -0.3 is 18.9 Å². The maximum Gasteiger partial charge on any atom is 0.231 e. The molecule has 1 N–H and O–H groups in total. The number of ether oxygens (including phenoxy) is 4. The summed E-state index contributed by atoms with van der Waals surface area (Å²) in [5.74, 6) is -1.30. The monoisotopic (exact) mass is 364 g/mol. The maximum absolute atomic E-state index is 10.1. The molecule has 1 aromatic carbocycles. The second-order valence-electron chi connectivity index (χ2n) is 6.97. The van der Waals surface area contributed by atoms with Crippen LogP contribution in [-0.2, 0) is 9.47 Å². The molecule has 0 saturated carbocycles. The van der Waals surface area contributed by atoms with Crippen LogP contribution in [0.25, 0.3) is 0 Å². The molecule has 0 radical (unpaired) electrons. The van der Waals surface area contributed by atoms with Crippen molar-refractivity contribution < 1.29 is 18.9 Å². The molecule has 8 heteroatoms. The Hall–Kier alpha value is -3.28. The molecule has 8 nitrogen and oxygen atoms in total. The summed E-state index contributed by atoms with van der Waals surface area (Å²) in [6.45, 7) is 3.55. The minimum absolute atomic E-state index is 0.0808. The van der Waals surface area contributed by atoms with Crippen LogP contribution in [0.15, 0.2) is 18.2 Å². The molecule has 2 fully saturated rings. The molecule has 2 bridgehead atoms. The second kappa shape index (κ2) is 5.36. The molecule has 0 amide bonds. The summed E-state index contributed by atoms with van der Waals surface area (Å²) in [7, 11) is 0. The van der Waals surface area contributed by atoms with E-state index in [4.69, 9.17) is 24.4 Å². The van der Waals surface area contributed by atoms with Crippen LogP contribution in [0, 0.1) is 56.2 Å². The summed E-state index contributed by atoms with van der Waals surface area (Å²) in [6, 6.07) is 11.1. The Kier molecular flexibility index (Phi) is 3.40. The van der Waals surface area contributed by atoms with E-state index in [2.05, 4.69) is 6.07 Å². The van der Waals surface area contributed by atoms with Gasteiger partial charge in [-0.2, -0.15) is 15.8 Å². The first-order valence-electron chi connectivity index (χ1n) is 8.51. The van der Waals surface area contributed by atoms with Crippen LogP contribution < -0.4 is 9.47 Å². The van der Waals surface area contributed by atoms with Crippen molar-refractivity contribution in [1.82, 2.24) is 0 Å². The topological polar surface area (TPSA) is 132 Å². The van der Waals surface area contributed by atoms with E-state index < -0.39 is 34.5 Å². The zero-order valence-corrected chi connectivity index (χ0v) is 14.8. The highest BCUT2D eigenvalue weighted by Gasteiger charge is 2.78. The summed E-state index contributed by atoms with van der Waals surface area (Å²) in [4.78, 5) is 0. The van der Waals surface area contributed by atoms with Crippen LogP contribution in [0.1, 0.15) is 31.9 Å². The molecule has 136 valence electrons. The smallest absolute Gasteiger partial charge is 0.231 e. The van der Waals surface area contributed by atoms with E-state index in [-0.39, 0.29) is 6.79 Å². The van der Waals surface area contributed by atoms with Gasteiger partial charge in [0.05, 0.1) is 24.1 Å². The van der Waals surface area contributed by atoms with E-state index in [0.717, 1.165) is 0 Å². The number of rotatable bonds is 2. The zero-order chi connectivity index (χ0) is 19.4. The van der Waals surface area contributed by atoms with Gasteiger partial charge in [-0.1, -0.05) is 13.0 Å². The summed E-state index contributed by atoms with van der Waals surface area (Å²) in [5, 5.41) is 38.6. The molecule has 0 aliphatic carbocycles. The van der Waals surface area contributed by atoms with Crippen LogP contribution in [0.3, 0.4) is 0 Å². The van der Waals surface area contributed by atoms with Gasteiger partial charge in [0.2, 0.25) is 23.9 Å². The molecule has 3 heterocycles. The Morgan fingerprint density at radius 2 is 1.85 bits per heavy atom. The van der Waals surface area contributed by atoms with Crippen molar-refractivity contribution in [2.45, 2.75) is 32.2 Å². The highest BCUT2D eigenvalue weighted by atomic mass is 16.7. The highest BCUT2D eigenvalue weighted by molar-refractivity contribution is 5.89. The van der Waals surface area contributed by atoms with Crippen molar-refractivity contribution in [2.24, 2.45) is 16.7 Å². The molecule has 1 aromatic rings. The third-order valence-electron chi connectivity index (χ3n) is 5.82. The average molecular weight is 364 g/mol. The van der Waals surface area contributed by atoms with E-state index in [1.165, 1.54) is 0 Å². The molecule has 4 atom stereocenters. The van der Waals surface area contributed by atoms with Crippen LogP contribution >= 0.6 is 0 Å². The van der Waals surface area contributed by atoms with E-state index in [9.17, 15) is 15.8 Å². The average Bonchev–Trinajstić information content (AvgIpc) is 3.20. The van der Waals surface area contributed by atoms with Gasteiger partial charge in [0, 0.05) is 6.92 Å². The number of benzene rings is 1. The molecule has 2 saturated heterocycles. The largest absolute Gasteiger partial charge is 0.454 e. The maximum atomic E-state index is 10.1. The Bertz CT molecular complexity index is 957. The SMILES string of the molecule is CCC1C2(C)OC(=N)C1(C#N)C(C#N)(C#N)C(c1ccc3c(c1)OCO3)O2. The lowest BCUT2D eigenvalue weighted by Gasteiger charge is -2.48. The minimum Gasteiger partial charge on any atom is -0.454 e. The van der Waals surface area contributed by atoms with Crippen LogP contribution in [0.2, 0.25) is 0 Å². The van der Waals surface area contributed by atoms with Gasteiger partial charge in [-0.3, -0.25) is 5.41 Å². The predicted molar refractivity (Wildman–Crippen MR) is 89.1 cm³/mol. The number of nitrogens with zero attached hydrogens (tertiary/aromatic N) is 3. The number of hydrogen-bond donors (Lipinski definition) is 1. The fraction of sp³-hybridized carbons (Fsp3) is 0.474. The summed E-state index contributed by atoms with van der Waals surface area (Å²) < 4.78 is 22.5. The number of nitrogens with one attached hydrogen (secondary N) is 1. The first kappa shape index (κ1) is 17.1. The third kappa shape index (κ3) is 1.79. The fourth-order valence-electron chi connectivity index (χ4n) is 4.60. The Balaban J connectivity index is 1.97. The summed E-state index contributed by atoms with van der Waals surface area (Å²) >= 11 is 0. The van der Waals surface area contributed by atoms with Crippen molar-refractivity contribution >= 4 is 5.90 Å². The molecular formula is C19H16N4O4. The first-order chi connectivity index (χ1) is 12.9. The van der Waals surface area contributed by atoms with Crippen LogP contribution in [0.5, 0.6) is 11.5 Å². The normalized spacial score (nSPS) is 34.9. The van der Waals surface area contributed by atoms with Gasteiger partial charge >= 0.3 is 0 Å². The van der Waals surface area contributed by atoms with Gasteiger partial charge in [0.1, 0.15) is 6.10 Å². The van der Waals surface area contributed by atoms with Crippen molar-refractivity contribution in [3.05, 3.63) is 23.8 Å². The van der Waals surface area contributed by atoms with Gasteiger partial charge in [-0.25, -0.2) is 0 Å². The number of hydrogen-bond acceptors (Lipinski definition) is 8. The number of fused-ring (bicyclic) bond motifs is 3. The molecule has 0 spiro atoms. The van der Waals surface area contributed by atoms with Gasteiger partial charge in [0.15, 0.2) is 16.9 Å². The Morgan fingerprint density at radius 1 is 1.15 bits per heavy atom. The molecule has 4 unspecified atom stereocenters. The van der Waals surface area contributed by atoms with E-state index in [1.807, 2.05) is 19.1 Å². The van der Waals surface area contributed by atoms with E-state index >= 15 is 0 Å². The van der Waals surface area contributed by atoms with E-state index in [0.29, 0.717) is 23.5 Å². The summed E-state index contributed by atoms with van der Waals surface area (Å²) in [5.41, 5.74) is -3.20. The highest BCUT2D eigenvalue weighted by Crippen LogP contribution is 2.67. The van der Waals surface area contributed by atoms with E-state index in [1.54, 1.807) is 25.1 Å². The second-order valence-corrected chi connectivity index (χ2v) is 6.97. The third-order valence-corrected chi connectivity index (χ3v) is 5.82. The van der Waals surface area contributed by atoms with Gasteiger partial charge in [-0.15, -0.1) is 0 Å². The lowest BCUT2D eigenvalue weighted by Crippen LogP contribution is -2.58. The van der Waals surface area contributed by atoms with Crippen molar-refractivity contribution in [1.29, 1.82) is 21.2 Å². The Morgan fingerprint density at radius 3 is 2.48 bits per heavy atom. The van der Waals surface area contributed by atoms with Crippen molar-refractivity contribution in [3.63, 3.8) is 0 Å². The minimum atomic E-state index is -1.96. The lowest BCUT2D eigenvalue weighted by molar-refractivity contribution is -0.273. The summed E-state index contributed by atoms with van der Waals surface area (Å²) in [6.07, 6.45) is -0.692. The zero-order valence-electron chi connectivity index (χ0n) is 14.8. The predicted octanol–water partition coefficient (Wildman–Crippen LogP) is 2.78. The molecule has 4 rings (SSSR count). The quantitative estimate of drug-likeness (QED) is 0.853. The Labute approximate surface area is 155 Å². The molecule has 3 aliphatic heterocycles. The first-order valence-corrected chi connectivity index (χ1v) is 8.51. The molecular weight excluding hydrogens is 348 g/mol. The van der Waals surface area contributed by atoms with Crippen molar-refractivity contribution in [3.8, 4) is 29.7 Å². The molecule has 27 heavy (non-hydrogen) atoms. The van der Waals surface area contributed by atoms with Crippen molar-refractivity contribution in [2.75, 3.05) is 6.79 Å². The lowest BCUT2D eigenvalue weighted by atomic mass is 9.53.